The zero-order valence-corrected chi connectivity index (χ0v) is 21.1. The van der Waals surface area contributed by atoms with Crippen molar-refractivity contribution in [2.24, 2.45) is 0 Å². The summed E-state index contributed by atoms with van der Waals surface area (Å²) in [6, 6.07) is 12.3. The minimum Gasteiger partial charge on any atom is -0.381 e. The van der Waals surface area contributed by atoms with Crippen LogP contribution in [0.25, 0.3) is 22.1 Å². The molecule has 1 atom stereocenters. The first-order valence-electron chi connectivity index (χ1n) is 10.5. The summed E-state index contributed by atoms with van der Waals surface area (Å²) in [5, 5.41) is 8.26. The normalized spacial score (nSPS) is 12.2. The van der Waals surface area contributed by atoms with E-state index in [-0.39, 0.29) is 16.9 Å². The topological polar surface area (TPSA) is 107 Å². The highest BCUT2D eigenvalue weighted by Crippen LogP contribution is 2.27. The number of nitrogens with one attached hydrogen (secondary N) is 1. The number of rotatable bonds is 4. The van der Waals surface area contributed by atoms with E-state index < -0.39 is 17.8 Å². The molecule has 0 aliphatic carbocycles. The van der Waals surface area contributed by atoms with Gasteiger partial charge in [-0.25, -0.2) is 13.9 Å². The van der Waals surface area contributed by atoms with Crippen LogP contribution in [0.4, 0.5) is 10.2 Å². The Hall–Kier alpha value is -3.51. The molecule has 3 heterocycles. The van der Waals surface area contributed by atoms with Crippen molar-refractivity contribution in [2.45, 2.75) is 13.0 Å². The van der Waals surface area contributed by atoms with Gasteiger partial charge in [0.2, 0.25) is 0 Å². The molecule has 5 rings (SSSR count). The summed E-state index contributed by atoms with van der Waals surface area (Å²) < 4.78 is 17.2. The predicted molar refractivity (Wildman–Crippen MR) is 141 cm³/mol. The number of nitrogens with two attached hydrogens (primary N) is 1. The van der Waals surface area contributed by atoms with Crippen molar-refractivity contribution < 1.29 is 9.18 Å². The van der Waals surface area contributed by atoms with Gasteiger partial charge in [0.25, 0.3) is 11.5 Å². The number of hydrogen-bond acceptors (Lipinski definition) is 5. The summed E-state index contributed by atoms with van der Waals surface area (Å²) in [6.45, 7) is 1.74. The molecule has 0 radical (unpaired) electrons. The van der Waals surface area contributed by atoms with Gasteiger partial charge in [0.05, 0.1) is 25.7 Å². The third-order valence-corrected chi connectivity index (χ3v) is 6.77. The number of hydrogen-bond donors (Lipinski definition) is 2. The lowest BCUT2D eigenvalue weighted by Gasteiger charge is -2.21. The molecule has 5 aromatic rings. The fourth-order valence-corrected chi connectivity index (χ4v) is 4.77. The lowest BCUT2D eigenvalue weighted by Crippen LogP contribution is -2.32. The molecular weight excluding hydrogens is 586 g/mol. The van der Waals surface area contributed by atoms with E-state index in [0.717, 1.165) is 0 Å². The van der Waals surface area contributed by atoms with Crippen LogP contribution in [0, 0.1) is 9.39 Å². The molecule has 0 aliphatic heterocycles. The van der Waals surface area contributed by atoms with Gasteiger partial charge in [-0.2, -0.15) is 0 Å². The number of benzene rings is 2. The number of pyridine rings is 1. The summed E-state index contributed by atoms with van der Waals surface area (Å²) in [7, 11) is 0. The molecule has 1 amide bonds. The number of amides is 1. The summed E-state index contributed by atoms with van der Waals surface area (Å²) in [5.41, 5.74) is 6.97. The first-order chi connectivity index (χ1) is 16.8. The Morgan fingerprint density at radius 2 is 2.03 bits per heavy atom. The predicted octanol–water partition coefficient (Wildman–Crippen LogP) is 4.50. The maximum atomic E-state index is 14.0. The second-order valence-corrected chi connectivity index (χ2v) is 9.42. The molecule has 0 saturated heterocycles. The molecule has 0 bridgehead atoms. The number of carbonyl (C=O) groups is 1. The van der Waals surface area contributed by atoms with Crippen molar-refractivity contribution in [3.8, 4) is 5.69 Å². The number of nitrogens with zero attached hydrogens (tertiary/aromatic N) is 4. The van der Waals surface area contributed by atoms with Crippen LogP contribution in [0.5, 0.6) is 0 Å². The first-order valence-corrected chi connectivity index (χ1v) is 11.9. The van der Waals surface area contributed by atoms with Crippen molar-refractivity contribution in [3.05, 3.63) is 96.9 Å². The fraction of sp³-hybridized carbons (Fsp3) is 0.0833. The summed E-state index contributed by atoms with van der Waals surface area (Å²) >= 11 is 8.22. The van der Waals surface area contributed by atoms with E-state index in [1.807, 2.05) is 22.6 Å². The van der Waals surface area contributed by atoms with E-state index in [0.29, 0.717) is 36.4 Å². The van der Waals surface area contributed by atoms with Gasteiger partial charge in [0.15, 0.2) is 11.5 Å². The third kappa shape index (κ3) is 4.02. The molecule has 8 nitrogen and oxygen atoms in total. The molecule has 35 heavy (non-hydrogen) atoms. The Morgan fingerprint density at radius 1 is 1.23 bits per heavy atom. The van der Waals surface area contributed by atoms with Crippen LogP contribution >= 0.6 is 34.2 Å². The van der Waals surface area contributed by atoms with Crippen molar-refractivity contribution >= 4 is 62.3 Å². The van der Waals surface area contributed by atoms with Crippen LogP contribution in [-0.4, -0.2) is 25.1 Å². The Balaban J connectivity index is 1.66. The van der Waals surface area contributed by atoms with Crippen molar-refractivity contribution in [1.82, 2.24) is 24.5 Å². The molecule has 11 heteroatoms. The third-order valence-electron chi connectivity index (χ3n) is 5.63. The molecule has 3 aromatic heterocycles. The van der Waals surface area contributed by atoms with E-state index in [2.05, 4.69) is 15.4 Å². The van der Waals surface area contributed by atoms with Crippen molar-refractivity contribution in [1.29, 1.82) is 0 Å². The SMILES string of the molecule is C[C@H](NC(=O)c1c(N)nn2cccnc12)c1cc2cccc(Cl)c2c(=O)n1-c1ccc(F)c(I)c1. The van der Waals surface area contributed by atoms with Gasteiger partial charge < -0.3 is 11.1 Å². The zero-order valence-electron chi connectivity index (χ0n) is 18.2. The van der Waals surface area contributed by atoms with Crippen LogP contribution in [0.3, 0.4) is 0 Å². The summed E-state index contributed by atoms with van der Waals surface area (Å²) in [6.07, 6.45) is 3.18. The number of carbonyl (C=O) groups excluding carboxylic acids is 1. The molecule has 2 aromatic carbocycles. The number of aromatic nitrogens is 4. The molecule has 0 saturated carbocycles. The van der Waals surface area contributed by atoms with Gasteiger partial charge in [0, 0.05) is 18.1 Å². The smallest absolute Gasteiger partial charge is 0.264 e. The van der Waals surface area contributed by atoms with E-state index in [9.17, 15) is 14.0 Å². The second kappa shape index (κ2) is 8.93. The number of anilines is 1. The van der Waals surface area contributed by atoms with E-state index in [1.54, 1.807) is 49.5 Å². The average molecular weight is 603 g/mol. The molecule has 0 spiro atoms. The maximum Gasteiger partial charge on any atom is 0.264 e. The Morgan fingerprint density at radius 3 is 2.80 bits per heavy atom. The van der Waals surface area contributed by atoms with Gasteiger partial charge in [-0.3, -0.25) is 14.2 Å². The van der Waals surface area contributed by atoms with Gasteiger partial charge in [0.1, 0.15) is 11.4 Å². The largest absolute Gasteiger partial charge is 0.381 e. The molecule has 0 aliphatic rings. The summed E-state index contributed by atoms with van der Waals surface area (Å²) in [4.78, 5) is 31.1. The maximum absolute atomic E-state index is 14.0. The highest BCUT2D eigenvalue weighted by molar-refractivity contribution is 14.1. The van der Waals surface area contributed by atoms with Crippen LogP contribution in [0.2, 0.25) is 5.02 Å². The Labute approximate surface area is 216 Å². The number of halogens is 3. The van der Waals surface area contributed by atoms with Crippen LogP contribution in [0.15, 0.2) is 65.7 Å². The quantitative estimate of drug-likeness (QED) is 0.295. The minimum absolute atomic E-state index is 0.0316. The van der Waals surface area contributed by atoms with Gasteiger partial charge in [-0.15, -0.1) is 5.10 Å². The molecule has 0 fully saturated rings. The molecular formula is C24H17ClFIN6O2. The Bertz CT molecular complexity index is 1700. The fourth-order valence-electron chi connectivity index (χ4n) is 4.01. The second-order valence-electron chi connectivity index (χ2n) is 7.86. The standard InChI is InChI=1S/C24H17ClFIN6O2/c1-12(30-23(34)20-21(28)31-32-9-3-8-29-22(20)32)18-10-13-4-2-5-15(25)19(13)24(35)33(18)14-6-7-16(26)17(27)11-14/h2-12H,1H3,(H2,28,31)(H,30,34)/t12-/m0/s1. The average Bonchev–Trinajstić information content (AvgIpc) is 3.16. The van der Waals surface area contributed by atoms with Crippen molar-refractivity contribution in [3.63, 3.8) is 0 Å². The Kier molecular flexibility index (Phi) is 5.93. The lowest BCUT2D eigenvalue weighted by molar-refractivity contribution is 0.0941. The monoisotopic (exact) mass is 602 g/mol. The van der Waals surface area contributed by atoms with Gasteiger partial charge >= 0.3 is 0 Å². The number of fused-ring (bicyclic) bond motifs is 2. The van der Waals surface area contributed by atoms with Gasteiger partial charge in [-0.1, -0.05) is 23.7 Å². The van der Waals surface area contributed by atoms with E-state index >= 15 is 0 Å². The molecule has 3 N–H and O–H groups in total. The van der Waals surface area contributed by atoms with E-state index in [4.69, 9.17) is 17.3 Å². The highest BCUT2D eigenvalue weighted by atomic mass is 127. The molecule has 176 valence electrons. The highest BCUT2D eigenvalue weighted by Gasteiger charge is 2.24. The van der Waals surface area contributed by atoms with Gasteiger partial charge in [-0.05, 0) is 71.3 Å². The lowest BCUT2D eigenvalue weighted by atomic mass is 10.1. The summed E-state index contributed by atoms with van der Waals surface area (Å²) in [5.74, 6) is -0.869. The van der Waals surface area contributed by atoms with E-state index in [1.165, 1.54) is 27.4 Å². The van der Waals surface area contributed by atoms with Crippen LogP contribution in [0.1, 0.15) is 29.0 Å². The van der Waals surface area contributed by atoms with Crippen LogP contribution < -0.4 is 16.6 Å². The first kappa shape index (κ1) is 23.2. The van der Waals surface area contributed by atoms with Crippen LogP contribution in [-0.2, 0) is 0 Å². The molecule has 0 unspecified atom stereocenters. The zero-order chi connectivity index (χ0) is 24.9. The minimum atomic E-state index is -0.653. The number of nitrogen functional groups attached to an aromatic ring is 1. The van der Waals surface area contributed by atoms with Crippen molar-refractivity contribution in [2.75, 3.05) is 5.73 Å².